The number of alkyl halides is 3. The predicted molar refractivity (Wildman–Crippen MR) is 77.5 cm³/mol. The molecule has 6 N–H and O–H groups in total. The molecular weight excluding hydrogens is 368 g/mol. The van der Waals surface area contributed by atoms with E-state index in [1.165, 1.54) is 0 Å². The molecule has 2 aromatic rings. The number of H-pyrrole nitrogens is 1. The zero-order valence-corrected chi connectivity index (χ0v) is 12.3. The molecule has 0 amide bonds. The van der Waals surface area contributed by atoms with Crippen LogP contribution in [0.2, 0.25) is 0 Å². The standard InChI is InChI=1S/C14H8F4N2O6/c15-8-4(14(16,17)18)2-1-3(9(8)21)5-6(12(23)24)10(19)20-11(22)7(5)13(25)26/h1-2,21H,(H,23,24)(H,25,26)(H3,19,20,22). The fraction of sp³-hybridized carbons (Fsp3) is 0.0714. The van der Waals surface area contributed by atoms with E-state index in [-0.39, 0.29) is 6.07 Å². The maximum absolute atomic E-state index is 13.9. The van der Waals surface area contributed by atoms with Crippen molar-refractivity contribution in [2.24, 2.45) is 0 Å². The number of aromatic nitrogens is 1. The van der Waals surface area contributed by atoms with Crippen molar-refractivity contribution in [3.63, 3.8) is 0 Å². The summed E-state index contributed by atoms with van der Waals surface area (Å²) in [6.45, 7) is 0. The monoisotopic (exact) mass is 376 g/mol. The summed E-state index contributed by atoms with van der Waals surface area (Å²) in [6.07, 6.45) is -5.18. The van der Waals surface area contributed by atoms with Gasteiger partial charge in [-0.1, -0.05) is 0 Å². The molecule has 0 atom stereocenters. The number of nitrogens with two attached hydrogens (primary N) is 1. The van der Waals surface area contributed by atoms with Gasteiger partial charge in [-0.25, -0.2) is 14.0 Å². The number of hydrogen-bond donors (Lipinski definition) is 5. The Labute approximate surface area is 140 Å². The third-order valence-corrected chi connectivity index (χ3v) is 3.36. The van der Waals surface area contributed by atoms with Crippen LogP contribution in [0.25, 0.3) is 11.1 Å². The number of phenols is 1. The second kappa shape index (κ2) is 6.06. The van der Waals surface area contributed by atoms with E-state index >= 15 is 0 Å². The number of aromatic amines is 1. The Morgan fingerprint density at radius 1 is 1.08 bits per heavy atom. The van der Waals surface area contributed by atoms with Crippen molar-refractivity contribution in [1.29, 1.82) is 0 Å². The molecule has 0 radical (unpaired) electrons. The Morgan fingerprint density at radius 2 is 1.62 bits per heavy atom. The first kappa shape index (κ1) is 18.8. The molecule has 26 heavy (non-hydrogen) atoms. The molecule has 1 aromatic heterocycles. The van der Waals surface area contributed by atoms with Gasteiger partial charge in [0.1, 0.15) is 16.9 Å². The van der Waals surface area contributed by atoms with E-state index in [2.05, 4.69) is 0 Å². The van der Waals surface area contributed by atoms with E-state index in [0.29, 0.717) is 6.07 Å². The Morgan fingerprint density at radius 3 is 2.08 bits per heavy atom. The molecule has 0 aliphatic rings. The average Bonchev–Trinajstić information content (AvgIpc) is 2.46. The molecule has 0 saturated heterocycles. The lowest BCUT2D eigenvalue weighted by Gasteiger charge is -2.15. The number of carboxylic acids is 2. The van der Waals surface area contributed by atoms with Gasteiger partial charge in [-0.05, 0) is 12.1 Å². The van der Waals surface area contributed by atoms with Gasteiger partial charge in [-0.3, -0.25) is 4.79 Å². The fourth-order valence-corrected chi connectivity index (χ4v) is 2.30. The molecule has 0 spiro atoms. The molecule has 2 rings (SSSR count). The van der Waals surface area contributed by atoms with E-state index in [1.807, 2.05) is 0 Å². The Hall–Kier alpha value is -3.57. The molecule has 0 aliphatic carbocycles. The van der Waals surface area contributed by atoms with Crippen LogP contribution in [0, 0.1) is 5.82 Å². The first-order chi connectivity index (χ1) is 11.9. The van der Waals surface area contributed by atoms with Crippen molar-refractivity contribution >= 4 is 17.8 Å². The normalized spacial score (nSPS) is 11.4. The molecule has 138 valence electrons. The van der Waals surface area contributed by atoms with Crippen LogP contribution in [0.3, 0.4) is 0 Å². The molecule has 1 heterocycles. The van der Waals surface area contributed by atoms with Gasteiger partial charge in [0.2, 0.25) is 0 Å². The Balaban J connectivity index is 3.02. The smallest absolute Gasteiger partial charge is 0.419 e. The van der Waals surface area contributed by atoms with Gasteiger partial charge >= 0.3 is 18.1 Å². The number of rotatable bonds is 3. The van der Waals surface area contributed by atoms with Crippen molar-refractivity contribution in [2.45, 2.75) is 6.18 Å². The maximum Gasteiger partial charge on any atom is 0.419 e. The summed E-state index contributed by atoms with van der Waals surface area (Å²) in [4.78, 5) is 36.3. The van der Waals surface area contributed by atoms with Crippen LogP contribution in [-0.4, -0.2) is 32.2 Å². The number of pyridine rings is 1. The summed E-state index contributed by atoms with van der Waals surface area (Å²) >= 11 is 0. The lowest BCUT2D eigenvalue weighted by Crippen LogP contribution is -2.24. The maximum atomic E-state index is 13.9. The topological polar surface area (TPSA) is 154 Å². The van der Waals surface area contributed by atoms with Gasteiger partial charge in [-0.15, -0.1) is 0 Å². The van der Waals surface area contributed by atoms with Crippen molar-refractivity contribution in [3.05, 3.63) is 45.0 Å². The average molecular weight is 376 g/mol. The van der Waals surface area contributed by atoms with E-state index in [0.717, 1.165) is 0 Å². The zero-order chi connectivity index (χ0) is 20.0. The van der Waals surface area contributed by atoms with Crippen LogP contribution < -0.4 is 11.3 Å². The number of benzene rings is 1. The molecule has 1 aromatic carbocycles. The highest BCUT2D eigenvalue weighted by Gasteiger charge is 2.37. The van der Waals surface area contributed by atoms with Crippen molar-refractivity contribution in [3.8, 4) is 16.9 Å². The molecule has 12 heteroatoms. The summed E-state index contributed by atoms with van der Waals surface area (Å²) in [6, 6.07) is 0.605. The van der Waals surface area contributed by atoms with Crippen LogP contribution in [0.4, 0.5) is 23.4 Å². The highest BCUT2D eigenvalue weighted by atomic mass is 19.4. The van der Waals surface area contributed by atoms with Crippen LogP contribution in [0.1, 0.15) is 26.3 Å². The number of halogens is 4. The second-order valence-corrected chi connectivity index (χ2v) is 4.92. The van der Waals surface area contributed by atoms with Gasteiger partial charge in [0.25, 0.3) is 5.56 Å². The predicted octanol–water partition coefficient (Wildman–Crippen LogP) is 1.88. The minimum Gasteiger partial charge on any atom is -0.504 e. The number of carboxylic acid groups (broad SMARTS) is 2. The quantitative estimate of drug-likeness (QED) is 0.513. The Bertz CT molecular complexity index is 996. The third kappa shape index (κ3) is 2.92. The van der Waals surface area contributed by atoms with E-state index in [4.69, 9.17) is 10.8 Å². The van der Waals surface area contributed by atoms with Crippen molar-refractivity contribution in [2.75, 3.05) is 5.73 Å². The summed E-state index contributed by atoms with van der Waals surface area (Å²) in [5.74, 6) is -8.52. The summed E-state index contributed by atoms with van der Waals surface area (Å²) < 4.78 is 52.0. The van der Waals surface area contributed by atoms with E-state index in [9.17, 15) is 42.2 Å². The number of aromatic hydroxyl groups is 1. The molecular formula is C14H8F4N2O6. The number of carbonyl (C=O) groups is 2. The van der Waals surface area contributed by atoms with Gasteiger partial charge < -0.3 is 26.0 Å². The highest BCUT2D eigenvalue weighted by Crippen LogP contribution is 2.41. The van der Waals surface area contributed by atoms with Crippen LogP contribution in [0.5, 0.6) is 5.75 Å². The molecule has 8 nitrogen and oxygen atoms in total. The SMILES string of the molecule is Nc1[nH]c(=O)c(C(=O)O)c(-c2ccc(C(F)(F)F)c(F)c2O)c1C(=O)O. The van der Waals surface area contributed by atoms with Crippen molar-refractivity contribution < 1.29 is 42.5 Å². The van der Waals surface area contributed by atoms with Gasteiger partial charge in [-0.2, -0.15) is 13.2 Å². The molecule has 0 aliphatic heterocycles. The molecule has 0 unspecified atom stereocenters. The lowest BCUT2D eigenvalue weighted by molar-refractivity contribution is -0.140. The molecule has 0 fully saturated rings. The zero-order valence-electron chi connectivity index (χ0n) is 12.3. The third-order valence-electron chi connectivity index (χ3n) is 3.36. The van der Waals surface area contributed by atoms with Gasteiger partial charge in [0, 0.05) is 11.1 Å². The summed E-state index contributed by atoms with van der Waals surface area (Å²) in [7, 11) is 0. The van der Waals surface area contributed by atoms with Gasteiger partial charge in [0.05, 0.1) is 5.56 Å². The second-order valence-electron chi connectivity index (χ2n) is 4.92. The number of hydrogen-bond acceptors (Lipinski definition) is 5. The first-order valence-corrected chi connectivity index (χ1v) is 6.49. The number of nitrogen functional groups attached to an aromatic ring is 1. The number of nitrogens with one attached hydrogen (secondary N) is 1. The summed E-state index contributed by atoms with van der Waals surface area (Å²) in [5.41, 5.74) is -2.19. The molecule has 0 saturated carbocycles. The number of anilines is 1. The van der Waals surface area contributed by atoms with E-state index < -0.39 is 68.9 Å². The summed E-state index contributed by atoms with van der Waals surface area (Å²) in [5, 5.41) is 28.1. The minimum absolute atomic E-state index is 0.166. The Kier molecular flexibility index (Phi) is 4.37. The number of phenolic OH excluding ortho intramolecular Hbond substituents is 1. The van der Waals surface area contributed by atoms with Gasteiger partial charge in [0.15, 0.2) is 11.6 Å². The first-order valence-electron chi connectivity index (χ1n) is 6.49. The fourth-order valence-electron chi connectivity index (χ4n) is 2.30. The highest BCUT2D eigenvalue weighted by molar-refractivity contribution is 6.08. The minimum atomic E-state index is -5.18. The lowest BCUT2D eigenvalue weighted by atomic mass is 9.93. The molecule has 0 bridgehead atoms. The number of aromatic carboxylic acids is 2. The van der Waals surface area contributed by atoms with Crippen LogP contribution in [0.15, 0.2) is 16.9 Å². The van der Waals surface area contributed by atoms with Crippen molar-refractivity contribution in [1.82, 2.24) is 4.98 Å². The largest absolute Gasteiger partial charge is 0.504 e. The van der Waals surface area contributed by atoms with E-state index in [1.54, 1.807) is 4.98 Å². The van der Waals surface area contributed by atoms with Crippen LogP contribution in [-0.2, 0) is 6.18 Å². The van der Waals surface area contributed by atoms with Crippen LogP contribution >= 0.6 is 0 Å².